The summed E-state index contributed by atoms with van der Waals surface area (Å²) in [5.41, 5.74) is 0.929. The standard InChI is InChI=1S/C18H21NO5/c20-11-13-23-17-9-5-4-8-16(17)22-12-10-19-18(21)24-14-15-6-2-1-3-7-15/h1-9,20H,10-14H2,(H,19,21). The minimum atomic E-state index is -0.493. The monoisotopic (exact) mass is 331 g/mol. The molecule has 0 aliphatic carbocycles. The maximum atomic E-state index is 11.6. The Hall–Kier alpha value is -2.73. The third-order valence-electron chi connectivity index (χ3n) is 3.04. The van der Waals surface area contributed by atoms with Gasteiger partial charge >= 0.3 is 6.09 Å². The Bertz CT molecular complexity index is 618. The number of aliphatic hydroxyl groups is 1. The van der Waals surface area contributed by atoms with Crippen LogP contribution in [0.5, 0.6) is 11.5 Å². The zero-order valence-electron chi connectivity index (χ0n) is 13.3. The maximum Gasteiger partial charge on any atom is 0.407 e. The predicted molar refractivity (Wildman–Crippen MR) is 89.1 cm³/mol. The topological polar surface area (TPSA) is 77.0 Å². The summed E-state index contributed by atoms with van der Waals surface area (Å²) in [5, 5.41) is 11.4. The Morgan fingerprint density at radius 2 is 1.54 bits per heavy atom. The average molecular weight is 331 g/mol. The second kappa shape index (κ2) is 10.1. The summed E-state index contributed by atoms with van der Waals surface area (Å²) >= 11 is 0. The van der Waals surface area contributed by atoms with Crippen molar-refractivity contribution in [2.24, 2.45) is 0 Å². The average Bonchev–Trinajstić information content (AvgIpc) is 2.63. The molecule has 0 spiro atoms. The number of para-hydroxylation sites is 2. The molecule has 0 saturated carbocycles. The number of ether oxygens (including phenoxy) is 3. The number of hydrogen-bond acceptors (Lipinski definition) is 5. The summed E-state index contributed by atoms with van der Waals surface area (Å²) in [7, 11) is 0. The lowest BCUT2D eigenvalue weighted by Crippen LogP contribution is -2.28. The van der Waals surface area contributed by atoms with Gasteiger partial charge in [0, 0.05) is 0 Å². The van der Waals surface area contributed by atoms with Gasteiger partial charge in [-0.1, -0.05) is 42.5 Å². The van der Waals surface area contributed by atoms with Crippen LogP contribution in [0, 0.1) is 0 Å². The van der Waals surface area contributed by atoms with Gasteiger partial charge in [0.2, 0.25) is 0 Å². The first-order valence-corrected chi connectivity index (χ1v) is 7.69. The first-order valence-electron chi connectivity index (χ1n) is 7.69. The molecule has 0 saturated heterocycles. The van der Waals surface area contributed by atoms with E-state index in [0.717, 1.165) is 5.56 Å². The third-order valence-corrected chi connectivity index (χ3v) is 3.04. The van der Waals surface area contributed by atoms with Crippen molar-refractivity contribution in [3.8, 4) is 11.5 Å². The van der Waals surface area contributed by atoms with Crippen LogP contribution in [0.2, 0.25) is 0 Å². The molecule has 0 bridgehead atoms. The van der Waals surface area contributed by atoms with Crippen molar-refractivity contribution in [2.45, 2.75) is 6.61 Å². The molecule has 0 radical (unpaired) electrons. The summed E-state index contributed by atoms with van der Waals surface area (Å²) < 4.78 is 16.0. The van der Waals surface area contributed by atoms with Crippen LogP contribution in [0.25, 0.3) is 0 Å². The Morgan fingerprint density at radius 1 is 0.917 bits per heavy atom. The van der Waals surface area contributed by atoms with Crippen molar-refractivity contribution >= 4 is 6.09 Å². The van der Waals surface area contributed by atoms with Crippen molar-refractivity contribution in [1.29, 1.82) is 0 Å². The van der Waals surface area contributed by atoms with E-state index in [2.05, 4.69) is 5.32 Å². The largest absolute Gasteiger partial charge is 0.488 e. The molecule has 0 aliphatic heterocycles. The second-order valence-electron chi connectivity index (χ2n) is 4.86. The molecule has 0 unspecified atom stereocenters. The molecule has 2 aromatic carbocycles. The smallest absolute Gasteiger partial charge is 0.407 e. The van der Waals surface area contributed by atoms with E-state index >= 15 is 0 Å². The molecule has 1 amide bonds. The van der Waals surface area contributed by atoms with Gasteiger partial charge in [0.05, 0.1) is 13.2 Å². The van der Waals surface area contributed by atoms with Crippen LogP contribution < -0.4 is 14.8 Å². The number of carbonyl (C=O) groups is 1. The molecule has 24 heavy (non-hydrogen) atoms. The Balaban J connectivity index is 1.66. The molecular formula is C18H21NO5. The fourth-order valence-electron chi connectivity index (χ4n) is 1.93. The molecule has 2 aromatic rings. The van der Waals surface area contributed by atoms with Crippen molar-refractivity contribution in [2.75, 3.05) is 26.4 Å². The van der Waals surface area contributed by atoms with Crippen LogP contribution >= 0.6 is 0 Å². The highest BCUT2D eigenvalue weighted by Crippen LogP contribution is 2.26. The lowest BCUT2D eigenvalue weighted by molar-refractivity contribution is 0.137. The van der Waals surface area contributed by atoms with Gasteiger partial charge in [0.1, 0.15) is 19.8 Å². The van der Waals surface area contributed by atoms with E-state index in [0.29, 0.717) is 18.0 Å². The predicted octanol–water partition coefficient (Wildman–Crippen LogP) is 2.36. The molecule has 2 rings (SSSR count). The van der Waals surface area contributed by atoms with Crippen molar-refractivity contribution in [3.05, 3.63) is 60.2 Å². The molecule has 6 heteroatoms. The van der Waals surface area contributed by atoms with Gasteiger partial charge in [-0.05, 0) is 17.7 Å². The molecule has 2 N–H and O–H groups in total. The quantitative estimate of drug-likeness (QED) is 0.690. The summed E-state index contributed by atoms with van der Waals surface area (Å²) in [6.07, 6.45) is -0.493. The zero-order valence-corrected chi connectivity index (χ0v) is 13.3. The van der Waals surface area contributed by atoms with Gasteiger partial charge in [-0.25, -0.2) is 4.79 Å². The Kier molecular flexibility index (Phi) is 7.43. The summed E-state index contributed by atoms with van der Waals surface area (Å²) in [6, 6.07) is 16.6. The number of nitrogens with one attached hydrogen (secondary N) is 1. The van der Waals surface area contributed by atoms with Crippen LogP contribution in [0.1, 0.15) is 5.56 Å². The number of carbonyl (C=O) groups excluding carboxylic acids is 1. The molecule has 6 nitrogen and oxygen atoms in total. The van der Waals surface area contributed by atoms with E-state index < -0.39 is 6.09 Å². The van der Waals surface area contributed by atoms with Gasteiger partial charge in [0.15, 0.2) is 11.5 Å². The molecule has 0 atom stereocenters. The van der Waals surface area contributed by atoms with Crippen LogP contribution in [0.15, 0.2) is 54.6 Å². The SMILES string of the molecule is O=C(NCCOc1ccccc1OCCO)OCc1ccccc1. The molecule has 128 valence electrons. The van der Waals surface area contributed by atoms with Crippen LogP contribution in [0.3, 0.4) is 0 Å². The highest BCUT2D eigenvalue weighted by Gasteiger charge is 2.05. The Labute approximate surface area is 141 Å². The van der Waals surface area contributed by atoms with E-state index in [1.54, 1.807) is 12.1 Å². The minimum absolute atomic E-state index is 0.0663. The fourth-order valence-corrected chi connectivity index (χ4v) is 1.93. The Morgan fingerprint density at radius 3 is 2.21 bits per heavy atom. The minimum Gasteiger partial charge on any atom is -0.488 e. The molecule has 0 aromatic heterocycles. The molecule has 0 heterocycles. The van der Waals surface area contributed by atoms with Gasteiger partial charge in [-0.2, -0.15) is 0 Å². The molecular weight excluding hydrogens is 310 g/mol. The lowest BCUT2D eigenvalue weighted by Gasteiger charge is -2.12. The maximum absolute atomic E-state index is 11.6. The number of alkyl carbamates (subject to hydrolysis) is 1. The van der Waals surface area contributed by atoms with Gasteiger partial charge < -0.3 is 24.6 Å². The van der Waals surface area contributed by atoms with Crippen LogP contribution in [-0.2, 0) is 11.3 Å². The van der Waals surface area contributed by atoms with Crippen molar-refractivity contribution in [1.82, 2.24) is 5.32 Å². The highest BCUT2D eigenvalue weighted by atomic mass is 16.5. The van der Waals surface area contributed by atoms with Crippen LogP contribution in [0.4, 0.5) is 4.79 Å². The third kappa shape index (κ3) is 6.18. The first kappa shape index (κ1) is 17.6. The van der Waals surface area contributed by atoms with Gasteiger partial charge in [0.25, 0.3) is 0 Å². The zero-order chi connectivity index (χ0) is 17.0. The lowest BCUT2D eigenvalue weighted by atomic mass is 10.2. The number of amides is 1. The van der Waals surface area contributed by atoms with E-state index in [4.69, 9.17) is 19.3 Å². The number of hydrogen-bond donors (Lipinski definition) is 2. The van der Waals surface area contributed by atoms with E-state index in [9.17, 15) is 4.79 Å². The van der Waals surface area contributed by atoms with E-state index in [-0.39, 0.29) is 26.4 Å². The van der Waals surface area contributed by atoms with E-state index in [1.807, 2.05) is 42.5 Å². The van der Waals surface area contributed by atoms with Crippen LogP contribution in [-0.4, -0.2) is 37.6 Å². The molecule has 0 fully saturated rings. The number of aliphatic hydroxyl groups excluding tert-OH is 1. The molecule has 0 aliphatic rings. The highest BCUT2D eigenvalue weighted by molar-refractivity contribution is 5.67. The second-order valence-corrected chi connectivity index (χ2v) is 4.86. The van der Waals surface area contributed by atoms with Gasteiger partial charge in [-0.3, -0.25) is 0 Å². The van der Waals surface area contributed by atoms with Gasteiger partial charge in [-0.15, -0.1) is 0 Å². The number of rotatable bonds is 9. The van der Waals surface area contributed by atoms with Crippen molar-refractivity contribution < 1.29 is 24.1 Å². The normalized spacial score (nSPS) is 10.0. The van der Waals surface area contributed by atoms with E-state index in [1.165, 1.54) is 0 Å². The number of benzene rings is 2. The summed E-state index contributed by atoms with van der Waals surface area (Å²) in [4.78, 5) is 11.6. The summed E-state index contributed by atoms with van der Waals surface area (Å²) in [6.45, 7) is 0.945. The fraction of sp³-hybridized carbons (Fsp3) is 0.278. The first-order chi connectivity index (χ1) is 11.8. The van der Waals surface area contributed by atoms with Crippen molar-refractivity contribution in [3.63, 3.8) is 0 Å². The summed E-state index contributed by atoms with van der Waals surface area (Å²) in [5.74, 6) is 1.11.